The predicted octanol–water partition coefficient (Wildman–Crippen LogP) is 1.87. The Labute approximate surface area is 100 Å². The third-order valence-corrected chi connectivity index (χ3v) is 2.35. The minimum absolute atomic E-state index is 0.624. The summed E-state index contributed by atoms with van der Waals surface area (Å²) in [7, 11) is 0. The molecule has 0 radical (unpaired) electrons. The second kappa shape index (κ2) is 5.96. The van der Waals surface area contributed by atoms with Crippen LogP contribution in [-0.2, 0) is 0 Å². The fourth-order valence-electron chi connectivity index (χ4n) is 1.52. The molecule has 1 heterocycles. The summed E-state index contributed by atoms with van der Waals surface area (Å²) in [6, 6.07) is 9.70. The molecule has 0 spiro atoms. The summed E-state index contributed by atoms with van der Waals surface area (Å²) in [5.41, 5.74) is 7.28. The average molecular weight is 229 g/mol. The fraction of sp³-hybridized carbons (Fsp3) is 0.231. The standard InChI is InChI=1S/C13H15N3O/c14-7-3-9-17-13-5-2-1-4-11(13)12-6-8-15-10-16-12/h1-2,4-6,8,10H,3,7,9,14H2. The molecule has 4 heteroatoms. The lowest BCUT2D eigenvalue weighted by Gasteiger charge is -2.10. The Bertz CT molecular complexity index is 459. The first-order valence-corrected chi connectivity index (χ1v) is 5.60. The van der Waals surface area contributed by atoms with Crippen molar-refractivity contribution in [3.63, 3.8) is 0 Å². The minimum Gasteiger partial charge on any atom is -0.493 e. The van der Waals surface area contributed by atoms with Gasteiger partial charge in [0.2, 0.25) is 0 Å². The van der Waals surface area contributed by atoms with Crippen molar-refractivity contribution in [3.05, 3.63) is 42.9 Å². The molecule has 0 aliphatic rings. The van der Waals surface area contributed by atoms with E-state index < -0.39 is 0 Å². The molecule has 17 heavy (non-hydrogen) atoms. The van der Waals surface area contributed by atoms with E-state index in [9.17, 15) is 0 Å². The van der Waals surface area contributed by atoms with Crippen molar-refractivity contribution < 1.29 is 4.74 Å². The Morgan fingerprint density at radius 2 is 2.06 bits per heavy atom. The van der Waals surface area contributed by atoms with Crippen LogP contribution in [0.3, 0.4) is 0 Å². The van der Waals surface area contributed by atoms with Gasteiger partial charge in [-0.25, -0.2) is 9.97 Å². The molecule has 0 aliphatic heterocycles. The molecule has 1 aromatic heterocycles. The Kier molecular flexibility index (Phi) is 4.05. The SMILES string of the molecule is NCCCOc1ccccc1-c1ccncn1. The van der Waals surface area contributed by atoms with E-state index in [1.807, 2.05) is 30.3 Å². The second-order valence-electron chi connectivity index (χ2n) is 3.58. The zero-order valence-corrected chi connectivity index (χ0v) is 9.54. The number of nitrogens with two attached hydrogens (primary N) is 1. The highest BCUT2D eigenvalue weighted by molar-refractivity contribution is 5.66. The highest BCUT2D eigenvalue weighted by Crippen LogP contribution is 2.27. The summed E-state index contributed by atoms with van der Waals surface area (Å²) in [5, 5.41) is 0. The molecule has 0 amide bonds. The van der Waals surface area contributed by atoms with Crippen molar-refractivity contribution in [1.29, 1.82) is 0 Å². The molecule has 4 nitrogen and oxygen atoms in total. The summed E-state index contributed by atoms with van der Waals surface area (Å²) in [4.78, 5) is 8.13. The van der Waals surface area contributed by atoms with E-state index in [0.717, 1.165) is 23.4 Å². The van der Waals surface area contributed by atoms with E-state index in [1.54, 1.807) is 6.20 Å². The van der Waals surface area contributed by atoms with Crippen LogP contribution in [0.25, 0.3) is 11.3 Å². The van der Waals surface area contributed by atoms with Gasteiger partial charge in [0.15, 0.2) is 0 Å². The maximum Gasteiger partial charge on any atom is 0.128 e. The summed E-state index contributed by atoms with van der Waals surface area (Å²) >= 11 is 0. The highest BCUT2D eigenvalue weighted by Gasteiger charge is 2.05. The summed E-state index contributed by atoms with van der Waals surface area (Å²) in [5.74, 6) is 0.833. The molecule has 0 atom stereocenters. The van der Waals surface area contributed by atoms with Crippen LogP contribution in [0.4, 0.5) is 0 Å². The van der Waals surface area contributed by atoms with Gasteiger partial charge in [-0.05, 0) is 31.2 Å². The lowest BCUT2D eigenvalue weighted by molar-refractivity contribution is 0.314. The molecule has 0 unspecified atom stereocenters. The third kappa shape index (κ3) is 3.01. The van der Waals surface area contributed by atoms with Crippen LogP contribution >= 0.6 is 0 Å². The van der Waals surface area contributed by atoms with Crippen molar-refractivity contribution in [1.82, 2.24) is 9.97 Å². The molecule has 0 aliphatic carbocycles. The summed E-state index contributed by atoms with van der Waals surface area (Å²) < 4.78 is 5.69. The molecule has 88 valence electrons. The highest BCUT2D eigenvalue weighted by atomic mass is 16.5. The minimum atomic E-state index is 0.624. The quantitative estimate of drug-likeness (QED) is 0.795. The smallest absolute Gasteiger partial charge is 0.128 e. The van der Waals surface area contributed by atoms with Crippen LogP contribution in [-0.4, -0.2) is 23.1 Å². The van der Waals surface area contributed by atoms with E-state index >= 15 is 0 Å². The lowest BCUT2D eigenvalue weighted by atomic mass is 10.1. The zero-order valence-electron chi connectivity index (χ0n) is 9.54. The van der Waals surface area contributed by atoms with Gasteiger partial charge in [-0.3, -0.25) is 0 Å². The molecule has 0 saturated carbocycles. The topological polar surface area (TPSA) is 61.0 Å². The third-order valence-electron chi connectivity index (χ3n) is 2.35. The van der Waals surface area contributed by atoms with Gasteiger partial charge in [0.25, 0.3) is 0 Å². The van der Waals surface area contributed by atoms with Gasteiger partial charge in [-0.2, -0.15) is 0 Å². The van der Waals surface area contributed by atoms with Gasteiger partial charge in [0, 0.05) is 11.8 Å². The summed E-state index contributed by atoms with van der Waals surface area (Å²) in [6.07, 6.45) is 4.10. The van der Waals surface area contributed by atoms with E-state index in [1.165, 1.54) is 6.33 Å². The zero-order chi connectivity index (χ0) is 11.9. The normalized spacial score (nSPS) is 10.2. The van der Waals surface area contributed by atoms with E-state index in [-0.39, 0.29) is 0 Å². The van der Waals surface area contributed by atoms with Crippen LogP contribution in [0.5, 0.6) is 5.75 Å². The number of aromatic nitrogens is 2. The number of rotatable bonds is 5. The van der Waals surface area contributed by atoms with Crippen LogP contribution in [0, 0.1) is 0 Å². The molecule has 2 N–H and O–H groups in total. The molecule has 0 saturated heterocycles. The first-order valence-electron chi connectivity index (χ1n) is 5.60. The maximum atomic E-state index is 5.69. The van der Waals surface area contributed by atoms with Crippen LogP contribution in [0.15, 0.2) is 42.9 Å². The molecule has 0 bridgehead atoms. The monoisotopic (exact) mass is 229 g/mol. The average Bonchev–Trinajstić information content (AvgIpc) is 2.41. The number of hydrogen-bond donors (Lipinski definition) is 1. The Hall–Kier alpha value is -1.94. The molecular weight excluding hydrogens is 214 g/mol. The molecular formula is C13H15N3O. The van der Waals surface area contributed by atoms with Crippen molar-refractivity contribution in [2.45, 2.75) is 6.42 Å². The van der Waals surface area contributed by atoms with Gasteiger partial charge >= 0.3 is 0 Å². The Balaban J connectivity index is 2.22. The maximum absolute atomic E-state index is 5.69. The van der Waals surface area contributed by atoms with Crippen LogP contribution in [0.2, 0.25) is 0 Å². The van der Waals surface area contributed by atoms with Crippen molar-refractivity contribution in [2.24, 2.45) is 5.73 Å². The lowest BCUT2D eigenvalue weighted by Crippen LogP contribution is -2.06. The van der Waals surface area contributed by atoms with Crippen molar-refractivity contribution in [3.8, 4) is 17.0 Å². The van der Waals surface area contributed by atoms with Crippen LogP contribution < -0.4 is 10.5 Å². The van der Waals surface area contributed by atoms with Crippen molar-refractivity contribution >= 4 is 0 Å². The number of ether oxygens (including phenoxy) is 1. The molecule has 0 fully saturated rings. The van der Waals surface area contributed by atoms with Crippen LogP contribution in [0.1, 0.15) is 6.42 Å². The summed E-state index contributed by atoms with van der Waals surface area (Å²) in [6.45, 7) is 1.26. The predicted molar refractivity (Wildman–Crippen MR) is 66.6 cm³/mol. The van der Waals surface area contributed by atoms with Crippen molar-refractivity contribution in [2.75, 3.05) is 13.2 Å². The Morgan fingerprint density at radius 3 is 2.82 bits per heavy atom. The van der Waals surface area contributed by atoms with Gasteiger partial charge in [0.1, 0.15) is 12.1 Å². The molecule has 2 rings (SSSR count). The second-order valence-corrected chi connectivity index (χ2v) is 3.58. The van der Waals surface area contributed by atoms with E-state index in [2.05, 4.69) is 9.97 Å². The number of nitrogens with zero attached hydrogens (tertiary/aromatic N) is 2. The van der Waals surface area contributed by atoms with Gasteiger partial charge < -0.3 is 10.5 Å². The largest absolute Gasteiger partial charge is 0.493 e. The first kappa shape index (κ1) is 11.5. The number of benzene rings is 1. The number of para-hydroxylation sites is 1. The van der Waals surface area contributed by atoms with Gasteiger partial charge in [-0.15, -0.1) is 0 Å². The molecule has 2 aromatic rings. The Morgan fingerprint density at radius 1 is 1.18 bits per heavy atom. The molecule has 1 aromatic carbocycles. The first-order chi connectivity index (χ1) is 8.42. The van der Waals surface area contributed by atoms with Gasteiger partial charge in [-0.1, -0.05) is 12.1 Å². The van der Waals surface area contributed by atoms with E-state index in [4.69, 9.17) is 10.5 Å². The van der Waals surface area contributed by atoms with Gasteiger partial charge in [0.05, 0.1) is 12.3 Å². The fourth-order valence-corrected chi connectivity index (χ4v) is 1.52. The number of hydrogen-bond acceptors (Lipinski definition) is 4. The van der Waals surface area contributed by atoms with E-state index in [0.29, 0.717) is 13.2 Å².